The lowest BCUT2D eigenvalue weighted by Crippen LogP contribution is -2.55. The van der Waals surface area contributed by atoms with Crippen molar-refractivity contribution in [1.29, 1.82) is 0 Å². The van der Waals surface area contributed by atoms with Crippen molar-refractivity contribution in [2.75, 3.05) is 19.7 Å². The van der Waals surface area contributed by atoms with E-state index in [-0.39, 0.29) is 12.7 Å². The highest BCUT2D eigenvalue weighted by molar-refractivity contribution is 4.83. The molecule has 2 nitrogen and oxygen atoms in total. The molecule has 0 saturated carbocycles. The summed E-state index contributed by atoms with van der Waals surface area (Å²) >= 11 is 0. The van der Waals surface area contributed by atoms with Crippen LogP contribution in [0.2, 0.25) is 0 Å². The van der Waals surface area contributed by atoms with Gasteiger partial charge in [-0.1, -0.05) is 6.92 Å². The minimum atomic E-state index is -4.17. The molecular weight excluding hydrogens is 183 g/mol. The van der Waals surface area contributed by atoms with Gasteiger partial charge in [-0.25, -0.2) is 0 Å². The maximum Gasteiger partial charge on any atom is 0.406 e. The van der Waals surface area contributed by atoms with Gasteiger partial charge in [-0.2, -0.15) is 13.2 Å². The van der Waals surface area contributed by atoms with Crippen molar-refractivity contribution in [2.24, 2.45) is 0 Å². The van der Waals surface area contributed by atoms with Gasteiger partial charge >= 0.3 is 6.18 Å². The number of halogens is 3. The molecule has 0 aromatic rings. The quantitative estimate of drug-likeness (QED) is 0.633. The molecule has 78 valence electrons. The first kappa shape index (κ1) is 10.8. The minimum Gasteiger partial charge on any atom is -0.375 e. The van der Waals surface area contributed by atoms with E-state index in [0.717, 1.165) is 0 Å². The predicted molar refractivity (Wildman–Crippen MR) is 42.5 cm³/mol. The van der Waals surface area contributed by atoms with E-state index in [9.17, 15) is 13.2 Å². The standard InChI is InChI=1S/C8H14F3NO/c1-3-12-4-6(2)13-5-7(12)8(9,10)11/h6-7H,3-5H2,1-2H3. The third kappa shape index (κ3) is 2.57. The van der Waals surface area contributed by atoms with Crippen LogP contribution in [0.15, 0.2) is 0 Å². The highest BCUT2D eigenvalue weighted by atomic mass is 19.4. The normalized spacial score (nSPS) is 32.1. The molecule has 1 heterocycles. The smallest absolute Gasteiger partial charge is 0.375 e. The zero-order chi connectivity index (χ0) is 10.1. The minimum absolute atomic E-state index is 0.0986. The summed E-state index contributed by atoms with van der Waals surface area (Å²) in [6, 6.07) is -1.42. The highest BCUT2D eigenvalue weighted by Gasteiger charge is 2.45. The van der Waals surface area contributed by atoms with Crippen molar-refractivity contribution in [3.63, 3.8) is 0 Å². The van der Waals surface area contributed by atoms with Crippen molar-refractivity contribution in [3.05, 3.63) is 0 Å². The number of morpholine rings is 1. The van der Waals surface area contributed by atoms with E-state index in [1.807, 2.05) is 0 Å². The lowest BCUT2D eigenvalue weighted by Gasteiger charge is -2.38. The van der Waals surface area contributed by atoms with E-state index in [2.05, 4.69) is 0 Å². The van der Waals surface area contributed by atoms with E-state index < -0.39 is 12.2 Å². The summed E-state index contributed by atoms with van der Waals surface area (Å²) in [4.78, 5) is 1.41. The Balaban J connectivity index is 2.63. The largest absolute Gasteiger partial charge is 0.406 e. The second-order valence-corrected chi connectivity index (χ2v) is 3.29. The molecule has 13 heavy (non-hydrogen) atoms. The van der Waals surface area contributed by atoms with Gasteiger partial charge in [0.1, 0.15) is 6.04 Å². The summed E-state index contributed by atoms with van der Waals surface area (Å²) < 4.78 is 42.1. The maximum absolute atomic E-state index is 12.4. The van der Waals surface area contributed by atoms with Gasteiger partial charge in [-0.05, 0) is 13.5 Å². The van der Waals surface area contributed by atoms with Crippen molar-refractivity contribution in [3.8, 4) is 0 Å². The van der Waals surface area contributed by atoms with Crippen molar-refractivity contribution in [2.45, 2.75) is 32.2 Å². The molecule has 0 radical (unpaired) electrons. The maximum atomic E-state index is 12.4. The first-order valence-electron chi connectivity index (χ1n) is 4.37. The van der Waals surface area contributed by atoms with E-state index in [0.29, 0.717) is 13.1 Å². The van der Waals surface area contributed by atoms with Crippen LogP contribution < -0.4 is 0 Å². The molecule has 1 rings (SSSR count). The van der Waals surface area contributed by atoms with Gasteiger partial charge < -0.3 is 4.74 Å². The zero-order valence-electron chi connectivity index (χ0n) is 7.77. The third-order valence-electron chi connectivity index (χ3n) is 2.26. The summed E-state index contributed by atoms with van der Waals surface area (Å²) in [5, 5.41) is 0. The van der Waals surface area contributed by atoms with E-state index >= 15 is 0 Å². The zero-order valence-corrected chi connectivity index (χ0v) is 7.77. The molecule has 0 aromatic heterocycles. The van der Waals surface area contributed by atoms with Crippen LogP contribution in [0.1, 0.15) is 13.8 Å². The fourth-order valence-corrected chi connectivity index (χ4v) is 1.52. The van der Waals surface area contributed by atoms with Crippen molar-refractivity contribution < 1.29 is 17.9 Å². The Morgan fingerprint density at radius 2 is 2.08 bits per heavy atom. The van der Waals surface area contributed by atoms with Crippen LogP contribution in [0, 0.1) is 0 Å². The first-order chi connectivity index (χ1) is 5.95. The molecule has 0 aromatic carbocycles. The molecular formula is C8H14F3NO. The molecule has 5 heteroatoms. The number of rotatable bonds is 1. The Bertz CT molecular complexity index is 171. The molecule has 0 N–H and O–H groups in total. The second kappa shape index (κ2) is 3.84. The number of likely N-dealkylation sites (N-methyl/N-ethyl adjacent to an activating group) is 1. The number of hydrogen-bond acceptors (Lipinski definition) is 2. The SMILES string of the molecule is CCN1CC(C)OCC1C(F)(F)F. The average molecular weight is 197 g/mol. The lowest BCUT2D eigenvalue weighted by atomic mass is 10.2. The van der Waals surface area contributed by atoms with Gasteiger partial charge in [0.2, 0.25) is 0 Å². The number of alkyl halides is 3. The monoisotopic (exact) mass is 197 g/mol. The van der Waals surface area contributed by atoms with Gasteiger partial charge in [-0.15, -0.1) is 0 Å². The van der Waals surface area contributed by atoms with Crippen LogP contribution >= 0.6 is 0 Å². The summed E-state index contributed by atoms with van der Waals surface area (Å²) in [6.07, 6.45) is -4.27. The van der Waals surface area contributed by atoms with E-state index in [4.69, 9.17) is 4.74 Å². The van der Waals surface area contributed by atoms with Gasteiger partial charge in [-0.3, -0.25) is 4.90 Å². The molecule has 0 bridgehead atoms. The molecule has 0 spiro atoms. The van der Waals surface area contributed by atoms with E-state index in [1.54, 1.807) is 13.8 Å². The number of nitrogens with zero attached hydrogens (tertiary/aromatic N) is 1. The summed E-state index contributed by atoms with van der Waals surface area (Å²) in [6.45, 7) is 4.06. The fourth-order valence-electron chi connectivity index (χ4n) is 1.52. The van der Waals surface area contributed by atoms with Crippen molar-refractivity contribution >= 4 is 0 Å². The molecule has 2 atom stereocenters. The second-order valence-electron chi connectivity index (χ2n) is 3.29. The molecule has 1 aliphatic heterocycles. The summed E-state index contributed by atoms with van der Waals surface area (Å²) in [5.41, 5.74) is 0. The molecule has 0 aliphatic carbocycles. The summed E-state index contributed by atoms with van der Waals surface area (Å²) in [7, 11) is 0. The Morgan fingerprint density at radius 3 is 2.54 bits per heavy atom. The van der Waals surface area contributed by atoms with Crippen LogP contribution in [0.4, 0.5) is 13.2 Å². The van der Waals surface area contributed by atoms with Gasteiger partial charge in [0, 0.05) is 6.54 Å². The Morgan fingerprint density at radius 1 is 1.46 bits per heavy atom. The highest BCUT2D eigenvalue weighted by Crippen LogP contribution is 2.27. The van der Waals surface area contributed by atoms with Crippen LogP contribution in [0.3, 0.4) is 0 Å². The Kier molecular flexibility index (Phi) is 3.18. The number of ether oxygens (including phenoxy) is 1. The van der Waals surface area contributed by atoms with Crippen molar-refractivity contribution in [1.82, 2.24) is 4.90 Å². The lowest BCUT2D eigenvalue weighted by molar-refractivity contribution is -0.219. The van der Waals surface area contributed by atoms with E-state index in [1.165, 1.54) is 4.90 Å². The van der Waals surface area contributed by atoms with Gasteiger partial charge in [0.15, 0.2) is 0 Å². The van der Waals surface area contributed by atoms with Gasteiger partial charge in [0.05, 0.1) is 12.7 Å². The Labute approximate surface area is 75.7 Å². The molecule has 1 saturated heterocycles. The summed E-state index contributed by atoms with van der Waals surface area (Å²) in [5.74, 6) is 0. The number of hydrogen-bond donors (Lipinski definition) is 0. The topological polar surface area (TPSA) is 12.5 Å². The fraction of sp³-hybridized carbons (Fsp3) is 1.00. The van der Waals surface area contributed by atoms with Crippen LogP contribution in [0.25, 0.3) is 0 Å². The molecule has 2 unspecified atom stereocenters. The molecule has 1 aliphatic rings. The molecule has 1 fully saturated rings. The third-order valence-corrected chi connectivity index (χ3v) is 2.26. The Hall–Kier alpha value is -0.290. The average Bonchev–Trinajstić information content (AvgIpc) is 2.01. The van der Waals surface area contributed by atoms with Gasteiger partial charge in [0.25, 0.3) is 0 Å². The first-order valence-corrected chi connectivity index (χ1v) is 4.37. The van der Waals surface area contributed by atoms with Crippen LogP contribution in [-0.4, -0.2) is 42.9 Å². The van der Waals surface area contributed by atoms with Crippen LogP contribution in [0.5, 0.6) is 0 Å². The molecule has 0 amide bonds. The predicted octanol–water partition coefficient (Wildman–Crippen LogP) is 1.66. The van der Waals surface area contributed by atoms with Crippen LogP contribution in [-0.2, 0) is 4.74 Å².